The Labute approximate surface area is 221 Å². The van der Waals surface area contributed by atoms with Crippen molar-refractivity contribution >= 4 is 23.6 Å². The van der Waals surface area contributed by atoms with E-state index in [9.17, 15) is 23.9 Å². The lowest BCUT2D eigenvalue weighted by atomic mass is 9.93. The number of aromatic nitrogens is 1. The maximum atomic E-state index is 15.2. The molecule has 1 fully saturated rings. The number of carbonyl (C=O) groups excluding carboxylic acids is 2. The van der Waals surface area contributed by atoms with Crippen molar-refractivity contribution in [2.75, 3.05) is 25.1 Å². The molecule has 2 atom stereocenters. The summed E-state index contributed by atoms with van der Waals surface area (Å²) in [5.74, 6) is -3.04. The van der Waals surface area contributed by atoms with Crippen molar-refractivity contribution in [2.24, 2.45) is 0 Å². The molecule has 3 aromatic rings. The lowest BCUT2D eigenvalue weighted by Crippen LogP contribution is -2.64. The fourth-order valence-corrected chi connectivity index (χ4v) is 6.69. The third-order valence-electron chi connectivity index (χ3n) is 7.51. The smallest absolute Gasteiger partial charge is 0.277 e. The van der Waals surface area contributed by atoms with Crippen LogP contribution >= 0.6 is 11.8 Å². The molecule has 6 rings (SSSR count). The second-order valence-corrected chi connectivity index (χ2v) is 10.6. The molecule has 0 aliphatic carbocycles. The van der Waals surface area contributed by atoms with Crippen LogP contribution in [0, 0.1) is 11.6 Å². The van der Waals surface area contributed by atoms with Gasteiger partial charge in [-0.2, -0.15) is 0 Å². The third kappa shape index (κ3) is 3.67. The Bertz CT molecular complexity index is 1540. The van der Waals surface area contributed by atoms with Gasteiger partial charge in [0.1, 0.15) is 6.17 Å². The number of hydrogen-bond donors (Lipinski definition) is 1. The maximum absolute atomic E-state index is 15.2. The van der Waals surface area contributed by atoms with Gasteiger partial charge in [-0.1, -0.05) is 24.3 Å². The zero-order valence-electron chi connectivity index (χ0n) is 20.4. The first-order valence-corrected chi connectivity index (χ1v) is 13.2. The molecule has 3 aliphatic rings. The molecule has 4 heterocycles. The van der Waals surface area contributed by atoms with Crippen molar-refractivity contribution in [3.05, 3.63) is 92.9 Å². The third-order valence-corrected chi connectivity index (χ3v) is 8.63. The van der Waals surface area contributed by atoms with Crippen LogP contribution in [-0.2, 0) is 10.5 Å². The second kappa shape index (κ2) is 9.16. The highest BCUT2D eigenvalue weighted by molar-refractivity contribution is 7.98. The van der Waals surface area contributed by atoms with E-state index in [1.807, 2.05) is 24.3 Å². The van der Waals surface area contributed by atoms with Crippen molar-refractivity contribution in [2.45, 2.75) is 35.7 Å². The van der Waals surface area contributed by atoms with Gasteiger partial charge in [0.2, 0.25) is 11.3 Å². The van der Waals surface area contributed by atoms with Crippen LogP contribution in [-0.4, -0.2) is 57.7 Å². The Balaban J connectivity index is 1.64. The quantitative estimate of drug-likeness (QED) is 0.552. The Morgan fingerprint density at radius 2 is 1.84 bits per heavy atom. The SMILES string of the molecule is CN1C(=O)c2c(O)c(=O)ccn2N([C@@H]2c3ccccc3SCc3c2ccc(F)c3F)[C@H]1CN1CCCC1=O. The van der Waals surface area contributed by atoms with Gasteiger partial charge in [-0.3, -0.25) is 24.1 Å². The number of thioether (sulfide) groups is 1. The highest BCUT2D eigenvalue weighted by atomic mass is 32.2. The van der Waals surface area contributed by atoms with Crippen LogP contribution in [0.5, 0.6) is 5.75 Å². The van der Waals surface area contributed by atoms with Crippen LogP contribution in [0.4, 0.5) is 8.78 Å². The minimum absolute atomic E-state index is 0.0373. The number of amides is 2. The number of benzene rings is 2. The average molecular weight is 539 g/mol. The molecule has 1 N–H and O–H groups in total. The molecule has 196 valence electrons. The summed E-state index contributed by atoms with van der Waals surface area (Å²) in [5.41, 5.74) is 0.524. The summed E-state index contributed by atoms with van der Waals surface area (Å²) in [4.78, 5) is 42.4. The molecule has 3 aliphatic heterocycles. The summed E-state index contributed by atoms with van der Waals surface area (Å²) in [5, 5.41) is 12.5. The standard InChI is InChI=1S/C27H24F2N4O4S/c1-30-21(13-31-11-4-7-22(31)35)33(32-12-10-19(34)26(36)25(32)27(30)37)24-15-8-9-18(28)23(29)17(15)14-38-20-6-3-2-5-16(20)24/h2-3,5-6,8-10,12,21,24,36H,4,7,11,13-14H2,1H3/t21-,24-/m0/s1. The largest absolute Gasteiger partial charge is 0.502 e. The van der Waals surface area contributed by atoms with E-state index in [4.69, 9.17) is 0 Å². The van der Waals surface area contributed by atoms with Crippen LogP contribution in [0.25, 0.3) is 0 Å². The topological polar surface area (TPSA) is 86.1 Å². The summed E-state index contributed by atoms with van der Waals surface area (Å²) in [6, 6.07) is 10.5. The molecule has 11 heteroatoms. The Hall–Kier alpha value is -3.86. The maximum Gasteiger partial charge on any atom is 0.277 e. The normalized spacial score (nSPS) is 20.8. The van der Waals surface area contributed by atoms with Gasteiger partial charge in [0.25, 0.3) is 5.91 Å². The fourth-order valence-electron chi connectivity index (χ4n) is 5.58. The molecule has 2 amide bonds. The van der Waals surface area contributed by atoms with E-state index in [0.717, 1.165) is 22.6 Å². The molecule has 2 aromatic carbocycles. The van der Waals surface area contributed by atoms with E-state index in [1.165, 1.54) is 33.6 Å². The molecule has 0 spiro atoms. The van der Waals surface area contributed by atoms with Crippen molar-refractivity contribution in [1.29, 1.82) is 0 Å². The molecule has 1 saturated heterocycles. The van der Waals surface area contributed by atoms with E-state index in [1.54, 1.807) is 17.0 Å². The number of hydrogen-bond acceptors (Lipinski definition) is 6. The Morgan fingerprint density at radius 3 is 2.61 bits per heavy atom. The van der Waals surface area contributed by atoms with Gasteiger partial charge in [0.05, 0.1) is 12.6 Å². The summed E-state index contributed by atoms with van der Waals surface area (Å²) < 4.78 is 31.1. The molecular weight excluding hydrogens is 514 g/mol. The van der Waals surface area contributed by atoms with Crippen molar-refractivity contribution in [1.82, 2.24) is 14.5 Å². The highest BCUT2D eigenvalue weighted by Gasteiger charge is 2.45. The molecule has 0 bridgehead atoms. The first kappa shape index (κ1) is 24.5. The van der Waals surface area contributed by atoms with Gasteiger partial charge >= 0.3 is 0 Å². The Kier molecular flexibility index (Phi) is 5.90. The zero-order chi connectivity index (χ0) is 26.7. The number of aromatic hydroxyl groups is 1. The fraction of sp³-hybridized carbons (Fsp3) is 0.296. The van der Waals surface area contributed by atoms with Gasteiger partial charge in [0, 0.05) is 48.5 Å². The zero-order valence-corrected chi connectivity index (χ0v) is 21.3. The van der Waals surface area contributed by atoms with Gasteiger partial charge in [-0.15, -0.1) is 11.8 Å². The Morgan fingerprint density at radius 1 is 1.05 bits per heavy atom. The van der Waals surface area contributed by atoms with E-state index in [0.29, 0.717) is 24.9 Å². The predicted molar refractivity (Wildman–Crippen MR) is 136 cm³/mol. The number of likely N-dealkylation sites (tertiary alicyclic amines) is 1. The van der Waals surface area contributed by atoms with Crippen LogP contribution in [0.1, 0.15) is 46.1 Å². The van der Waals surface area contributed by atoms with E-state index < -0.39 is 40.9 Å². The lowest BCUT2D eigenvalue weighted by Gasteiger charge is -2.49. The first-order chi connectivity index (χ1) is 18.3. The molecular formula is C27H24F2N4O4S. The van der Waals surface area contributed by atoms with Crippen LogP contribution in [0.2, 0.25) is 0 Å². The average Bonchev–Trinajstić information content (AvgIpc) is 3.23. The molecule has 0 unspecified atom stereocenters. The highest BCUT2D eigenvalue weighted by Crippen LogP contribution is 2.45. The summed E-state index contributed by atoms with van der Waals surface area (Å²) in [7, 11) is 1.55. The van der Waals surface area contributed by atoms with Gasteiger partial charge in [-0.05, 0) is 29.7 Å². The summed E-state index contributed by atoms with van der Waals surface area (Å²) in [6.07, 6.45) is 1.76. The number of pyridine rings is 1. The van der Waals surface area contributed by atoms with Crippen molar-refractivity contribution in [3.63, 3.8) is 0 Å². The minimum atomic E-state index is -0.957. The number of fused-ring (bicyclic) bond motifs is 3. The van der Waals surface area contributed by atoms with Crippen molar-refractivity contribution < 1.29 is 23.5 Å². The molecule has 8 nitrogen and oxygen atoms in total. The van der Waals surface area contributed by atoms with Crippen LogP contribution in [0.3, 0.4) is 0 Å². The molecule has 0 radical (unpaired) electrons. The van der Waals surface area contributed by atoms with E-state index in [-0.39, 0.29) is 29.5 Å². The molecule has 0 saturated carbocycles. The number of halogens is 2. The predicted octanol–water partition coefficient (Wildman–Crippen LogP) is 3.20. The van der Waals surface area contributed by atoms with Crippen molar-refractivity contribution in [3.8, 4) is 5.75 Å². The number of rotatable bonds is 3. The minimum Gasteiger partial charge on any atom is -0.502 e. The van der Waals surface area contributed by atoms with E-state index >= 15 is 4.39 Å². The van der Waals surface area contributed by atoms with Crippen LogP contribution in [0.15, 0.2) is 58.4 Å². The number of carbonyl (C=O) groups is 2. The van der Waals surface area contributed by atoms with Gasteiger partial charge in [0.15, 0.2) is 23.1 Å². The van der Waals surface area contributed by atoms with Gasteiger partial charge < -0.3 is 14.9 Å². The number of nitrogens with zero attached hydrogens (tertiary/aromatic N) is 4. The van der Waals surface area contributed by atoms with Crippen LogP contribution < -0.4 is 10.4 Å². The molecule has 38 heavy (non-hydrogen) atoms. The number of likely N-dealkylation sites (N-methyl/N-ethyl adjacent to an activating group) is 1. The molecule has 1 aromatic heterocycles. The lowest BCUT2D eigenvalue weighted by molar-refractivity contribution is -0.128. The van der Waals surface area contributed by atoms with Gasteiger partial charge in [-0.25, -0.2) is 8.78 Å². The first-order valence-electron chi connectivity index (χ1n) is 12.2. The summed E-state index contributed by atoms with van der Waals surface area (Å²) in [6.45, 7) is 0.680. The second-order valence-electron chi connectivity index (χ2n) is 9.60. The monoisotopic (exact) mass is 538 g/mol. The van der Waals surface area contributed by atoms with E-state index in [2.05, 4.69) is 0 Å². The summed E-state index contributed by atoms with van der Waals surface area (Å²) >= 11 is 1.38.